The maximum absolute atomic E-state index is 12.7. The normalized spacial score (nSPS) is 12.6. The van der Waals surface area contributed by atoms with Crippen LogP contribution in [0.5, 0.6) is 0 Å². The molecule has 1 aromatic rings. The van der Waals surface area contributed by atoms with Crippen LogP contribution >= 0.6 is 0 Å². The zero-order valence-corrected chi connectivity index (χ0v) is 13.1. The Balaban J connectivity index is 3.23. The second-order valence-electron chi connectivity index (χ2n) is 4.65. The number of nitrogens with zero attached hydrogens (tertiary/aromatic N) is 2. The van der Waals surface area contributed by atoms with Gasteiger partial charge in [0.25, 0.3) is 0 Å². The number of nitrogens with one attached hydrogen (secondary N) is 2. The minimum atomic E-state index is -3.50. The second-order valence-corrected chi connectivity index (χ2v) is 6.58. The highest BCUT2D eigenvalue weighted by Gasteiger charge is 2.31. The quantitative estimate of drug-likeness (QED) is 0.791. The van der Waals surface area contributed by atoms with Crippen LogP contribution in [0.2, 0.25) is 0 Å². The van der Waals surface area contributed by atoms with Gasteiger partial charge in [0.15, 0.2) is 0 Å². The van der Waals surface area contributed by atoms with E-state index in [0.29, 0.717) is 22.8 Å². The number of hydrogen-bond acceptors (Lipinski definition) is 4. The minimum Gasteiger partial charge on any atom is -0.314 e. The third kappa shape index (κ3) is 3.16. The third-order valence-corrected chi connectivity index (χ3v) is 5.51. The third-order valence-electron chi connectivity index (χ3n) is 3.40. The van der Waals surface area contributed by atoms with Gasteiger partial charge in [0.2, 0.25) is 10.0 Å². The molecule has 0 saturated heterocycles. The maximum Gasteiger partial charge on any atom is 0.246 e. The number of hydrogen-bond donors (Lipinski definition) is 2. The van der Waals surface area contributed by atoms with Crippen LogP contribution in [0, 0.1) is 6.92 Å². The van der Waals surface area contributed by atoms with Gasteiger partial charge in [-0.05, 0) is 26.8 Å². The number of aromatic amines is 1. The molecule has 0 saturated carbocycles. The van der Waals surface area contributed by atoms with Crippen LogP contribution in [0.4, 0.5) is 0 Å². The number of sulfonamides is 1. The van der Waals surface area contributed by atoms with Gasteiger partial charge in [-0.1, -0.05) is 13.8 Å². The van der Waals surface area contributed by atoms with Crippen molar-refractivity contribution in [2.24, 2.45) is 0 Å². The summed E-state index contributed by atoms with van der Waals surface area (Å²) < 4.78 is 26.9. The monoisotopic (exact) mass is 288 g/mol. The molecule has 0 radical (unpaired) electrons. The van der Waals surface area contributed by atoms with Gasteiger partial charge in [-0.3, -0.25) is 5.10 Å². The standard InChI is InChI=1S/C12H24N4O2S/c1-6-10(7-2)16(5)19(17,18)12-9(3)14-15-11(12)8-13-4/h10,13H,6-8H2,1-5H3,(H,14,15). The van der Waals surface area contributed by atoms with E-state index in [9.17, 15) is 8.42 Å². The molecule has 0 unspecified atom stereocenters. The van der Waals surface area contributed by atoms with E-state index in [1.807, 2.05) is 13.8 Å². The van der Waals surface area contributed by atoms with Crippen LogP contribution < -0.4 is 5.32 Å². The van der Waals surface area contributed by atoms with Gasteiger partial charge in [-0.15, -0.1) is 0 Å². The van der Waals surface area contributed by atoms with Crippen molar-refractivity contribution in [3.05, 3.63) is 11.4 Å². The Bertz CT molecular complexity index is 506. The lowest BCUT2D eigenvalue weighted by atomic mass is 10.2. The molecule has 0 atom stereocenters. The Labute approximate surface area is 115 Å². The molecule has 0 aliphatic carbocycles. The van der Waals surface area contributed by atoms with Crippen molar-refractivity contribution >= 4 is 10.0 Å². The Hall–Kier alpha value is -0.920. The molecule has 0 aliphatic heterocycles. The molecular formula is C12H24N4O2S. The molecule has 2 N–H and O–H groups in total. The van der Waals surface area contributed by atoms with Crippen molar-refractivity contribution in [3.8, 4) is 0 Å². The van der Waals surface area contributed by atoms with Gasteiger partial charge >= 0.3 is 0 Å². The zero-order valence-electron chi connectivity index (χ0n) is 12.3. The van der Waals surface area contributed by atoms with Crippen LogP contribution in [-0.2, 0) is 16.6 Å². The van der Waals surface area contributed by atoms with Crippen molar-refractivity contribution in [2.45, 2.75) is 51.1 Å². The Morgan fingerprint density at radius 3 is 2.42 bits per heavy atom. The summed E-state index contributed by atoms with van der Waals surface area (Å²) in [5, 5.41) is 9.77. The van der Waals surface area contributed by atoms with E-state index in [1.165, 1.54) is 4.31 Å². The van der Waals surface area contributed by atoms with Gasteiger partial charge in [0.05, 0.1) is 11.4 Å². The topological polar surface area (TPSA) is 78.1 Å². The molecule has 19 heavy (non-hydrogen) atoms. The highest BCUT2D eigenvalue weighted by Crippen LogP contribution is 2.24. The lowest BCUT2D eigenvalue weighted by molar-refractivity contribution is 0.349. The van der Waals surface area contributed by atoms with Gasteiger partial charge < -0.3 is 5.32 Å². The first kappa shape index (κ1) is 16.1. The van der Waals surface area contributed by atoms with E-state index < -0.39 is 10.0 Å². The fourth-order valence-corrected chi connectivity index (χ4v) is 4.07. The molecule has 0 fully saturated rings. The summed E-state index contributed by atoms with van der Waals surface area (Å²) in [6.07, 6.45) is 1.59. The molecule has 0 spiro atoms. The fourth-order valence-electron chi connectivity index (χ4n) is 2.24. The van der Waals surface area contributed by atoms with Crippen LogP contribution in [0.3, 0.4) is 0 Å². The van der Waals surface area contributed by atoms with Gasteiger partial charge in [-0.2, -0.15) is 9.40 Å². The molecule has 1 rings (SSSR count). The average Bonchev–Trinajstić information content (AvgIpc) is 2.73. The molecule has 0 aliphatic rings. The first-order valence-corrected chi connectivity index (χ1v) is 8.00. The van der Waals surface area contributed by atoms with E-state index in [-0.39, 0.29) is 6.04 Å². The predicted molar refractivity (Wildman–Crippen MR) is 75.4 cm³/mol. The summed E-state index contributed by atoms with van der Waals surface area (Å²) >= 11 is 0. The van der Waals surface area contributed by atoms with Crippen molar-refractivity contribution in [2.75, 3.05) is 14.1 Å². The van der Waals surface area contributed by atoms with Crippen molar-refractivity contribution in [3.63, 3.8) is 0 Å². The Morgan fingerprint density at radius 2 is 1.95 bits per heavy atom. The summed E-state index contributed by atoms with van der Waals surface area (Å²) in [5.41, 5.74) is 1.13. The SMILES string of the molecule is CCC(CC)N(C)S(=O)(=O)c1c(CNC)n[nH]c1C. The minimum absolute atomic E-state index is 0.0155. The van der Waals surface area contributed by atoms with Crippen LogP contribution in [-0.4, -0.2) is 43.1 Å². The van der Waals surface area contributed by atoms with E-state index in [4.69, 9.17) is 0 Å². The molecule has 6 nitrogen and oxygen atoms in total. The molecule has 0 aromatic carbocycles. The molecule has 1 aromatic heterocycles. The van der Waals surface area contributed by atoms with Gasteiger partial charge in [0.1, 0.15) is 4.90 Å². The predicted octanol–water partition coefficient (Wildman–Crippen LogP) is 1.25. The maximum atomic E-state index is 12.7. The van der Waals surface area contributed by atoms with Gasteiger partial charge in [-0.25, -0.2) is 8.42 Å². The van der Waals surface area contributed by atoms with Crippen LogP contribution in [0.25, 0.3) is 0 Å². The number of aryl methyl sites for hydroxylation is 1. The first-order valence-electron chi connectivity index (χ1n) is 6.56. The van der Waals surface area contributed by atoms with E-state index in [2.05, 4.69) is 15.5 Å². The highest BCUT2D eigenvalue weighted by atomic mass is 32.2. The molecule has 1 heterocycles. The average molecular weight is 288 g/mol. The van der Waals surface area contributed by atoms with Crippen molar-refractivity contribution in [1.29, 1.82) is 0 Å². The molecule has 110 valence electrons. The Kier molecular flexibility index (Phi) is 5.51. The number of rotatable bonds is 7. The first-order chi connectivity index (χ1) is 8.89. The van der Waals surface area contributed by atoms with E-state index >= 15 is 0 Å². The molecule has 0 amide bonds. The van der Waals surface area contributed by atoms with Crippen molar-refractivity contribution < 1.29 is 8.42 Å². The second kappa shape index (κ2) is 6.49. The fraction of sp³-hybridized carbons (Fsp3) is 0.750. The number of aromatic nitrogens is 2. The summed E-state index contributed by atoms with van der Waals surface area (Å²) in [6, 6.07) is 0.0155. The summed E-state index contributed by atoms with van der Waals surface area (Å²) in [5.74, 6) is 0. The van der Waals surface area contributed by atoms with Crippen LogP contribution in [0.15, 0.2) is 4.90 Å². The largest absolute Gasteiger partial charge is 0.314 e. The van der Waals surface area contributed by atoms with Crippen molar-refractivity contribution in [1.82, 2.24) is 19.8 Å². The smallest absolute Gasteiger partial charge is 0.246 e. The summed E-state index contributed by atoms with van der Waals surface area (Å²) in [7, 11) is -0.0927. The number of H-pyrrole nitrogens is 1. The van der Waals surface area contributed by atoms with Crippen LogP contribution in [0.1, 0.15) is 38.1 Å². The highest BCUT2D eigenvalue weighted by molar-refractivity contribution is 7.89. The van der Waals surface area contributed by atoms with E-state index in [0.717, 1.165) is 12.8 Å². The Morgan fingerprint density at radius 1 is 1.37 bits per heavy atom. The molecule has 7 heteroatoms. The lowest BCUT2D eigenvalue weighted by Gasteiger charge is -2.25. The molecule has 0 bridgehead atoms. The summed E-state index contributed by atoms with van der Waals surface area (Å²) in [6.45, 7) is 6.16. The zero-order chi connectivity index (χ0) is 14.6. The summed E-state index contributed by atoms with van der Waals surface area (Å²) in [4.78, 5) is 0.302. The molecular weight excluding hydrogens is 264 g/mol. The van der Waals surface area contributed by atoms with E-state index in [1.54, 1.807) is 21.0 Å². The lowest BCUT2D eigenvalue weighted by Crippen LogP contribution is -2.37. The van der Waals surface area contributed by atoms with Gasteiger partial charge in [0, 0.05) is 19.6 Å².